The molecule has 2 unspecified atom stereocenters. The zero-order valence-corrected chi connectivity index (χ0v) is 9.51. The smallest absolute Gasteiger partial charge is 0.0585 e. The highest BCUT2D eigenvalue weighted by Gasteiger charge is 2.25. The Morgan fingerprint density at radius 3 is 2.79 bits per heavy atom. The van der Waals surface area contributed by atoms with Gasteiger partial charge in [-0.15, -0.1) is 0 Å². The summed E-state index contributed by atoms with van der Waals surface area (Å²) in [4.78, 5) is 0. The Morgan fingerprint density at radius 2 is 2.36 bits per heavy atom. The van der Waals surface area contributed by atoms with E-state index in [2.05, 4.69) is 16.8 Å². The summed E-state index contributed by atoms with van der Waals surface area (Å²) in [6.07, 6.45) is 4.63. The first-order chi connectivity index (χ1) is 6.66. The highest BCUT2D eigenvalue weighted by atomic mass is 35.5. The Kier molecular flexibility index (Phi) is 2.84. The summed E-state index contributed by atoms with van der Waals surface area (Å²) in [5.41, 5.74) is 1.26. The SMILES string of the molecule is CC1CCC1NCc1cc(Cl)cn1C. The van der Waals surface area contributed by atoms with Gasteiger partial charge in [-0.3, -0.25) is 0 Å². The standard InChI is InChI=1S/C11H17ClN2/c1-8-3-4-11(8)13-6-10-5-9(12)7-14(10)2/h5,7-8,11,13H,3-4,6H2,1-2H3. The molecule has 14 heavy (non-hydrogen) atoms. The van der Waals surface area contributed by atoms with Gasteiger partial charge in [-0.1, -0.05) is 18.5 Å². The van der Waals surface area contributed by atoms with Crippen molar-refractivity contribution in [3.05, 3.63) is 23.0 Å². The van der Waals surface area contributed by atoms with E-state index < -0.39 is 0 Å². The molecule has 1 N–H and O–H groups in total. The molecule has 1 heterocycles. The second-order valence-corrected chi connectivity index (χ2v) is 4.74. The van der Waals surface area contributed by atoms with Crippen LogP contribution in [0.3, 0.4) is 0 Å². The summed E-state index contributed by atoms with van der Waals surface area (Å²) < 4.78 is 2.08. The maximum absolute atomic E-state index is 5.91. The van der Waals surface area contributed by atoms with Gasteiger partial charge in [0, 0.05) is 31.5 Å². The van der Waals surface area contributed by atoms with Crippen LogP contribution in [0.2, 0.25) is 5.02 Å². The number of nitrogens with zero attached hydrogens (tertiary/aromatic N) is 1. The molecule has 0 amide bonds. The minimum atomic E-state index is 0.712. The monoisotopic (exact) mass is 212 g/mol. The van der Waals surface area contributed by atoms with Crippen LogP contribution in [-0.4, -0.2) is 10.6 Å². The summed E-state index contributed by atoms with van der Waals surface area (Å²) in [6, 6.07) is 2.74. The van der Waals surface area contributed by atoms with Gasteiger partial charge < -0.3 is 9.88 Å². The summed E-state index contributed by atoms with van der Waals surface area (Å²) in [5.74, 6) is 0.839. The van der Waals surface area contributed by atoms with Crippen LogP contribution in [0.4, 0.5) is 0 Å². The number of hydrogen-bond donors (Lipinski definition) is 1. The van der Waals surface area contributed by atoms with Crippen molar-refractivity contribution in [1.29, 1.82) is 0 Å². The average molecular weight is 213 g/mol. The van der Waals surface area contributed by atoms with Gasteiger partial charge in [-0.2, -0.15) is 0 Å². The number of hydrogen-bond acceptors (Lipinski definition) is 1. The first-order valence-corrected chi connectivity index (χ1v) is 5.58. The number of halogens is 1. The van der Waals surface area contributed by atoms with Gasteiger partial charge in [-0.25, -0.2) is 0 Å². The summed E-state index contributed by atoms with van der Waals surface area (Å²) >= 11 is 5.91. The molecule has 0 aliphatic heterocycles. The molecule has 0 spiro atoms. The van der Waals surface area contributed by atoms with Crippen LogP contribution in [0.25, 0.3) is 0 Å². The van der Waals surface area contributed by atoms with Crippen LogP contribution in [0.5, 0.6) is 0 Å². The first kappa shape index (κ1) is 10.1. The molecule has 0 bridgehead atoms. The second-order valence-electron chi connectivity index (χ2n) is 4.30. The van der Waals surface area contributed by atoms with Crippen LogP contribution in [0.15, 0.2) is 12.3 Å². The third kappa shape index (κ3) is 1.96. The zero-order valence-electron chi connectivity index (χ0n) is 8.76. The molecule has 1 aromatic heterocycles. The number of rotatable bonds is 3. The number of nitrogens with one attached hydrogen (secondary N) is 1. The second kappa shape index (κ2) is 3.95. The molecule has 1 aromatic rings. The van der Waals surface area contributed by atoms with Crippen LogP contribution >= 0.6 is 11.6 Å². The van der Waals surface area contributed by atoms with Crippen LogP contribution in [0.1, 0.15) is 25.5 Å². The third-order valence-electron chi connectivity index (χ3n) is 3.24. The lowest BCUT2D eigenvalue weighted by molar-refractivity contribution is 0.227. The lowest BCUT2D eigenvalue weighted by Gasteiger charge is -2.34. The molecule has 1 saturated carbocycles. The van der Waals surface area contributed by atoms with Crippen molar-refractivity contribution in [2.24, 2.45) is 13.0 Å². The molecule has 0 aromatic carbocycles. The van der Waals surface area contributed by atoms with E-state index in [9.17, 15) is 0 Å². The van der Waals surface area contributed by atoms with Crippen molar-refractivity contribution < 1.29 is 0 Å². The minimum absolute atomic E-state index is 0.712. The first-order valence-electron chi connectivity index (χ1n) is 5.21. The number of aromatic nitrogens is 1. The average Bonchev–Trinajstić information content (AvgIpc) is 2.43. The summed E-state index contributed by atoms with van der Waals surface area (Å²) in [7, 11) is 2.03. The van der Waals surface area contributed by atoms with Crippen LogP contribution < -0.4 is 5.32 Å². The van der Waals surface area contributed by atoms with Crippen molar-refractivity contribution >= 4 is 11.6 Å². The molecular formula is C11H17ClN2. The zero-order chi connectivity index (χ0) is 10.1. The highest BCUT2D eigenvalue weighted by Crippen LogP contribution is 2.26. The van der Waals surface area contributed by atoms with Crippen molar-refractivity contribution in [3.63, 3.8) is 0 Å². The van der Waals surface area contributed by atoms with E-state index in [1.54, 1.807) is 0 Å². The Morgan fingerprint density at radius 1 is 1.57 bits per heavy atom. The molecule has 1 aliphatic carbocycles. The molecule has 78 valence electrons. The van der Waals surface area contributed by atoms with E-state index in [1.165, 1.54) is 18.5 Å². The Hall–Kier alpha value is -0.470. The molecule has 2 nitrogen and oxygen atoms in total. The van der Waals surface area contributed by atoms with Gasteiger partial charge in [0.2, 0.25) is 0 Å². The van der Waals surface area contributed by atoms with Gasteiger partial charge in [0.25, 0.3) is 0 Å². The Bertz CT molecular complexity index is 319. The Labute approximate surface area is 90.3 Å². The largest absolute Gasteiger partial charge is 0.352 e. The van der Waals surface area contributed by atoms with Crippen molar-refractivity contribution in [3.8, 4) is 0 Å². The molecule has 1 aliphatic rings. The molecule has 0 radical (unpaired) electrons. The molecule has 2 atom stereocenters. The van der Waals surface area contributed by atoms with Gasteiger partial charge in [0.05, 0.1) is 5.02 Å². The lowest BCUT2D eigenvalue weighted by Crippen LogP contribution is -2.42. The van der Waals surface area contributed by atoms with Crippen molar-refractivity contribution in [2.75, 3.05) is 0 Å². The molecule has 3 heteroatoms. The fraction of sp³-hybridized carbons (Fsp3) is 0.636. The third-order valence-corrected chi connectivity index (χ3v) is 3.45. The topological polar surface area (TPSA) is 17.0 Å². The fourth-order valence-corrected chi connectivity index (χ4v) is 2.22. The predicted molar refractivity (Wildman–Crippen MR) is 59.4 cm³/mol. The highest BCUT2D eigenvalue weighted by molar-refractivity contribution is 6.30. The van der Waals surface area contributed by atoms with Crippen molar-refractivity contribution in [2.45, 2.75) is 32.4 Å². The normalized spacial score (nSPS) is 26.2. The van der Waals surface area contributed by atoms with E-state index in [0.717, 1.165) is 17.5 Å². The summed E-state index contributed by atoms with van der Waals surface area (Å²) in [6.45, 7) is 3.23. The van der Waals surface area contributed by atoms with E-state index in [0.29, 0.717) is 6.04 Å². The maximum atomic E-state index is 5.91. The number of aryl methyl sites for hydroxylation is 1. The quantitative estimate of drug-likeness (QED) is 0.815. The van der Waals surface area contributed by atoms with Gasteiger partial charge in [-0.05, 0) is 24.8 Å². The van der Waals surface area contributed by atoms with Crippen molar-refractivity contribution in [1.82, 2.24) is 9.88 Å². The van der Waals surface area contributed by atoms with E-state index in [4.69, 9.17) is 11.6 Å². The minimum Gasteiger partial charge on any atom is -0.352 e. The Balaban J connectivity index is 1.88. The van der Waals surface area contributed by atoms with Gasteiger partial charge in [0.1, 0.15) is 0 Å². The molecule has 1 fully saturated rings. The predicted octanol–water partition coefficient (Wildman–Crippen LogP) is 2.57. The van der Waals surface area contributed by atoms with E-state index in [-0.39, 0.29) is 0 Å². The summed E-state index contributed by atoms with van der Waals surface area (Å²) in [5, 5.41) is 4.38. The van der Waals surface area contributed by atoms with Gasteiger partial charge in [0.15, 0.2) is 0 Å². The van der Waals surface area contributed by atoms with E-state index >= 15 is 0 Å². The maximum Gasteiger partial charge on any atom is 0.0585 e. The molecule has 0 saturated heterocycles. The lowest BCUT2D eigenvalue weighted by atomic mass is 9.81. The molecule has 2 rings (SSSR count). The molecular weight excluding hydrogens is 196 g/mol. The van der Waals surface area contributed by atoms with Crippen LogP contribution in [-0.2, 0) is 13.6 Å². The van der Waals surface area contributed by atoms with Crippen LogP contribution in [0, 0.1) is 5.92 Å². The fourth-order valence-electron chi connectivity index (χ4n) is 1.95. The van der Waals surface area contributed by atoms with Gasteiger partial charge >= 0.3 is 0 Å². The van der Waals surface area contributed by atoms with E-state index in [1.807, 2.05) is 19.3 Å².